The topological polar surface area (TPSA) is 130 Å². The number of ether oxygens (including phenoxy) is 1. The number of carboxylic acid groups (broad SMARTS) is 1. The van der Waals surface area contributed by atoms with E-state index in [4.69, 9.17) is 9.84 Å². The van der Waals surface area contributed by atoms with Crippen LogP contribution in [0.5, 0.6) is 0 Å². The zero-order chi connectivity index (χ0) is 19.8. The first kappa shape index (κ1) is 18.6. The van der Waals surface area contributed by atoms with Crippen molar-refractivity contribution in [3.63, 3.8) is 0 Å². The number of Topliss-reactive ketones (excluding diaryl/α,β-unsaturated/α-hetero) is 1. The standard InChI is InChI=1S/C18H18N2O7/c1-2-27-13(23)7-8-18-14(17(26)20(18)9-12(21)22)19-16(25)11-6-4-3-5-10(11)15(18)24/h3-6,14H,2,7-9H2,1H3,(H,19,25)(H,21,22)/t14-,18+/m1/s1. The van der Waals surface area contributed by atoms with E-state index in [0.29, 0.717) is 0 Å². The SMILES string of the molecule is CCOC(=O)CC[C@@]12C(=O)c3ccccc3C(=O)N[C@@H]1C(=O)N2CC(=O)O. The maximum Gasteiger partial charge on any atom is 0.323 e. The first-order valence-corrected chi connectivity index (χ1v) is 8.46. The van der Waals surface area contributed by atoms with Gasteiger partial charge in [0, 0.05) is 12.0 Å². The van der Waals surface area contributed by atoms with Crippen molar-refractivity contribution in [2.24, 2.45) is 0 Å². The number of fused-ring (bicyclic) bond motifs is 2. The summed E-state index contributed by atoms with van der Waals surface area (Å²) in [5.74, 6) is -3.70. The molecule has 0 bridgehead atoms. The Labute approximate surface area is 154 Å². The number of hydrogen-bond acceptors (Lipinski definition) is 6. The van der Waals surface area contributed by atoms with Crippen LogP contribution in [0.1, 0.15) is 40.5 Å². The molecule has 2 aliphatic heterocycles. The van der Waals surface area contributed by atoms with E-state index in [1.807, 2.05) is 0 Å². The summed E-state index contributed by atoms with van der Waals surface area (Å²) in [5.41, 5.74) is -1.44. The summed E-state index contributed by atoms with van der Waals surface area (Å²) >= 11 is 0. The summed E-state index contributed by atoms with van der Waals surface area (Å²) in [4.78, 5) is 62.3. The summed E-state index contributed by atoms with van der Waals surface area (Å²) in [6.45, 7) is 1.08. The van der Waals surface area contributed by atoms with Crippen molar-refractivity contribution in [2.45, 2.75) is 31.3 Å². The fourth-order valence-corrected chi connectivity index (χ4v) is 3.68. The van der Waals surface area contributed by atoms with Crippen molar-refractivity contribution in [1.29, 1.82) is 0 Å². The Morgan fingerprint density at radius 1 is 1.22 bits per heavy atom. The molecule has 0 unspecified atom stereocenters. The highest BCUT2D eigenvalue weighted by atomic mass is 16.5. The molecule has 2 heterocycles. The lowest BCUT2D eigenvalue weighted by Gasteiger charge is -2.55. The molecule has 0 radical (unpaired) electrons. The molecule has 0 spiro atoms. The van der Waals surface area contributed by atoms with Crippen molar-refractivity contribution in [2.75, 3.05) is 13.2 Å². The number of hydrogen-bond donors (Lipinski definition) is 2. The minimum atomic E-state index is -1.63. The summed E-state index contributed by atoms with van der Waals surface area (Å²) in [5, 5.41) is 11.7. The lowest BCUT2D eigenvalue weighted by atomic mass is 9.70. The average Bonchev–Trinajstić information content (AvgIpc) is 2.72. The van der Waals surface area contributed by atoms with Crippen LogP contribution in [-0.2, 0) is 19.1 Å². The average molecular weight is 374 g/mol. The van der Waals surface area contributed by atoms with Gasteiger partial charge in [0.2, 0.25) is 5.91 Å². The first-order valence-electron chi connectivity index (χ1n) is 8.46. The third-order valence-electron chi connectivity index (χ3n) is 4.87. The third-order valence-corrected chi connectivity index (χ3v) is 4.87. The van der Waals surface area contributed by atoms with Gasteiger partial charge in [-0.25, -0.2) is 0 Å². The number of aliphatic carboxylic acids is 1. The maximum atomic E-state index is 13.3. The van der Waals surface area contributed by atoms with E-state index in [1.54, 1.807) is 19.1 Å². The number of carbonyl (C=O) groups excluding carboxylic acids is 4. The number of ketones is 1. The molecule has 0 aromatic heterocycles. The number of benzene rings is 1. The zero-order valence-corrected chi connectivity index (χ0v) is 14.6. The fourth-order valence-electron chi connectivity index (χ4n) is 3.68. The number of esters is 1. The number of rotatable bonds is 6. The van der Waals surface area contributed by atoms with Gasteiger partial charge in [-0.1, -0.05) is 18.2 Å². The molecule has 3 rings (SSSR count). The Hall–Kier alpha value is -3.23. The molecule has 9 heteroatoms. The van der Waals surface area contributed by atoms with E-state index in [9.17, 15) is 24.0 Å². The van der Waals surface area contributed by atoms with Crippen LogP contribution in [0.25, 0.3) is 0 Å². The van der Waals surface area contributed by atoms with Gasteiger partial charge in [-0.3, -0.25) is 24.0 Å². The van der Waals surface area contributed by atoms with Gasteiger partial charge in [0.05, 0.1) is 12.2 Å². The van der Waals surface area contributed by atoms with Crippen molar-refractivity contribution in [3.8, 4) is 0 Å². The van der Waals surface area contributed by atoms with Crippen molar-refractivity contribution < 1.29 is 33.8 Å². The smallest absolute Gasteiger partial charge is 0.323 e. The van der Waals surface area contributed by atoms with Gasteiger partial charge in [-0.2, -0.15) is 0 Å². The normalized spacial score (nSPS) is 23.5. The molecule has 1 aromatic carbocycles. The minimum Gasteiger partial charge on any atom is -0.480 e. The molecule has 0 saturated carbocycles. The van der Waals surface area contributed by atoms with Crippen LogP contribution >= 0.6 is 0 Å². The highest BCUT2D eigenvalue weighted by Crippen LogP contribution is 2.41. The van der Waals surface area contributed by atoms with Gasteiger partial charge in [0.25, 0.3) is 5.91 Å². The van der Waals surface area contributed by atoms with Gasteiger partial charge in [-0.05, 0) is 19.4 Å². The van der Waals surface area contributed by atoms with Gasteiger partial charge in [0.1, 0.15) is 18.1 Å². The molecular weight excluding hydrogens is 356 g/mol. The van der Waals surface area contributed by atoms with E-state index in [1.165, 1.54) is 12.1 Å². The summed E-state index contributed by atoms with van der Waals surface area (Å²) in [6, 6.07) is 4.84. The van der Waals surface area contributed by atoms with Crippen molar-refractivity contribution >= 4 is 29.5 Å². The molecule has 2 aliphatic rings. The van der Waals surface area contributed by atoms with Gasteiger partial charge in [-0.15, -0.1) is 0 Å². The van der Waals surface area contributed by atoms with Crippen LogP contribution < -0.4 is 5.32 Å². The third kappa shape index (κ3) is 2.84. The number of likely N-dealkylation sites (tertiary alicyclic amines) is 1. The molecule has 2 N–H and O–H groups in total. The lowest BCUT2D eigenvalue weighted by molar-refractivity contribution is -0.166. The van der Waals surface area contributed by atoms with Crippen molar-refractivity contribution in [3.05, 3.63) is 35.4 Å². The molecule has 1 saturated heterocycles. The van der Waals surface area contributed by atoms with Crippen molar-refractivity contribution in [1.82, 2.24) is 10.2 Å². The fraction of sp³-hybridized carbons (Fsp3) is 0.389. The number of carboxylic acids is 1. The highest BCUT2D eigenvalue weighted by molar-refractivity contribution is 6.21. The molecule has 27 heavy (non-hydrogen) atoms. The molecule has 2 amide bonds. The summed E-state index contributed by atoms with van der Waals surface area (Å²) in [7, 11) is 0. The Bertz CT molecular complexity index is 840. The lowest BCUT2D eigenvalue weighted by Crippen LogP contribution is -2.81. The van der Waals surface area contributed by atoms with Crippen LogP contribution in [0.4, 0.5) is 0 Å². The first-order chi connectivity index (χ1) is 12.8. The number of carbonyl (C=O) groups is 5. The molecule has 1 aromatic rings. The Balaban J connectivity index is 2.06. The van der Waals surface area contributed by atoms with E-state index in [2.05, 4.69) is 5.32 Å². The monoisotopic (exact) mass is 374 g/mol. The van der Waals surface area contributed by atoms with Gasteiger partial charge >= 0.3 is 11.9 Å². The summed E-state index contributed by atoms with van der Waals surface area (Å²) in [6.07, 6.45) is -0.347. The van der Waals surface area contributed by atoms with Crippen LogP contribution in [0.15, 0.2) is 24.3 Å². The predicted octanol–water partition coefficient (Wildman–Crippen LogP) is -0.00980. The van der Waals surface area contributed by atoms with E-state index in [0.717, 1.165) is 4.90 Å². The molecule has 142 valence electrons. The number of nitrogens with zero attached hydrogens (tertiary/aromatic N) is 1. The van der Waals surface area contributed by atoms with Gasteiger partial charge in [0.15, 0.2) is 5.78 Å². The number of nitrogens with one attached hydrogen (secondary N) is 1. The number of β-lactam (4-membered cyclic amide) rings is 1. The van der Waals surface area contributed by atoms with E-state index >= 15 is 0 Å². The maximum absolute atomic E-state index is 13.3. The largest absolute Gasteiger partial charge is 0.480 e. The second kappa shape index (κ2) is 6.82. The van der Waals surface area contributed by atoms with Crippen LogP contribution in [-0.4, -0.2) is 64.3 Å². The Morgan fingerprint density at radius 3 is 2.52 bits per heavy atom. The minimum absolute atomic E-state index is 0.0873. The molecular formula is C18H18N2O7. The molecule has 9 nitrogen and oxygen atoms in total. The van der Waals surface area contributed by atoms with Crippen LogP contribution in [0.2, 0.25) is 0 Å². The van der Waals surface area contributed by atoms with Crippen LogP contribution in [0, 0.1) is 0 Å². The van der Waals surface area contributed by atoms with E-state index in [-0.39, 0.29) is 30.6 Å². The Kier molecular flexibility index (Phi) is 4.69. The summed E-state index contributed by atoms with van der Waals surface area (Å²) < 4.78 is 4.88. The number of amides is 2. The Morgan fingerprint density at radius 2 is 1.89 bits per heavy atom. The second-order valence-electron chi connectivity index (χ2n) is 6.33. The highest BCUT2D eigenvalue weighted by Gasteiger charge is 2.66. The second-order valence-corrected chi connectivity index (χ2v) is 6.33. The predicted molar refractivity (Wildman–Crippen MR) is 90.0 cm³/mol. The molecule has 2 atom stereocenters. The van der Waals surface area contributed by atoms with E-state index < -0.39 is 47.7 Å². The molecule has 1 fully saturated rings. The zero-order valence-electron chi connectivity index (χ0n) is 14.6. The quantitative estimate of drug-likeness (QED) is 0.529. The molecule has 0 aliphatic carbocycles. The van der Waals surface area contributed by atoms with Gasteiger partial charge < -0.3 is 20.1 Å². The van der Waals surface area contributed by atoms with Crippen LogP contribution in [0.3, 0.4) is 0 Å².